The standard InChI is InChI=1S/C21H22N4O2/c26-21(18-7-4-8-19(13-18)25-15-22-23-16-25)24-11-12-27-20(14-24)10-9-17-5-2-1-3-6-17/h1-8,13,15-16,20H,9-12,14H2. The van der Waals surface area contributed by atoms with E-state index in [2.05, 4.69) is 34.5 Å². The summed E-state index contributed by atoms with van der Waals surface area (Å²) in [5.41, 5.74) is 2.84. The Hall–Kier alpha value is -2.99. The molecular weight excluding hydrogens is 340 g/mol. The molecule has 1 unspecified atom stereocenters. The van der Waals surface area contributed by atoms with Crippen molar-refractivity contribution in [3.63, 3.8) is 0 Å². The molecule has 0 N–H and O–H groups in total. The predicted octanol–water partition coefficient (Wildman–Crippen LogP) is 2.74. The highest BCUT2D eigenvalue weighted by molar-refractivity contribution is 5.94. The van der Waals surface area contributed by atoms with Crippen LogP contribution in [0.2, 0.25) is 0 Å². The van der Waals surface area contributed by atoms with Crippen LogP contribution in [-0.2, 0) is 11.2 Å². The molecule has 1 aliphatic heterocycles. The van der Waals surface area contributed by atoms with E-state index in [0.717, 1.165) is 18.5 Å². The number of nitrogens with zero attached hydrogens (tertiary/aromatic N) is 4. The van der Waals surface area contributed by atoms with Crippen LogP contribution in [0.3, 0.4) is 0 Å². The largest absolute Gasteiger partial charge is 0.375 e. The molecule has 1 saturated heterocycles. The van der Waals surface area contributed by atoms with E-state index in [1.165, 1.54) is 5.56 Å². The van der Waals surface area contributed by atoms with Gasteiger partial charge in [0.05, 0.1) is 12.7 Å². The second-order valence-corrected chi connectivity index (χ2v) is 6.69. The molecule has 4 rings (SSSR count). The van der Waals surface area contributed by atoms with Crippen molar-refractivity contribution in [2.75, 3.05) is 19.7 Å². The van der Waals surface area contributed by atoms with Crippen molar-refractivity contribution in [3.8, 4) is 5.69 Å². The summed E-state index contributed by atoms with van der Waals surface area (Å²) in [4.78, 5) is 14.9. The molecule has 6 nitrogen and oxygen atoms in total. The SMILES string of the molecule is O=C(c1cccc(-n2cnnc2)c1)N1CCOC(CCc2ccccc2)C1. The van der Waals surface area contributed by atoms with Crippen LogP contribution < -0.4 is 0 Å². The van der Waals surface area contributed by atoms with E-state index in [1.54, 1.807) is 17.2 Å². The Balaban J connectivity index is 1.40. The van der Waals surface area contributed by atoms with E-state index in [0.29, 0.717) is 25.3 Å². The van der Waals surface area contributed by atoms with Crippen molar-refractivity contribution in [2.24, 2.45) is 0 Å². The van der Waals surface area contributed by atoms with E-state index in [4.69, 9.17) is 4.74 Å². The number of rotatable bonds is 5. The van der Waals surface area contributed by atoms with Gasteiger partial charge in [-0.15, -0.1) is 10.2 Å². The number of aryl methyl sites for hydroxylation is 1. The van der Waals surface area contributed by atoms with Crippen LogP contribution >= 0.6 is 0 Å². The molecule has 0 aliphatic carbocycles. The van der Waals surface area contributed by atoms with Crippen LogP contribution in [-0.4, -0.2) is 51.4 Å². The second kappa shape index (κ2) is 8.14. The fourth-order valence-corrected chi connectivity index (χ4v) is 3.37. The first-order chi connectivity index (χ1) is 13.3. The Morgan fingerprint density at radius 1 is 1.07 bits per heavy atom. The lowest BCUT2D eigenvalue weighted by Gasteiger charge is -2.33. The molecule has 1 atom stereocenters. The zero-order valence-electron chi connectivity index (χ0n) is 15.1. The molecule has 2 aromatic carbocycles. The first-order valence-electron chi connectivity index (χ1n) is 9.19. The van der Waals surface area contributed by atoms with Gasteiger partial charge in [-0.1, -0.05) is 36.4 Å². The summed E-state index contributed by atoms with van der Waals surface area (Å²) in [6, 6.07) is 17.9. The molecule has 0 radical (unpaired) electrons. The number of morpholine rings is 1. The van der Waals surface area contributed by atoms with Crippen LogP contribution in [0.5, 0.6) is 0 Å². The van der Waals surface area contributed by atoms with E-state index in [-0.39, 0.29) is 12.0 Å². The summed E-state index contributed by atoms with van der Waals surface area (Å²) in [7, 11) is 0. The first-order valence-corrected chi connectivity index (χ1v) is 9.19. The van der Waals surface area contributed by atoms with E-state index in [9.17, 15) is 4.79 Å². The van der Waals surface area contributed by atoms with Crippen molar-refractivity contribution < 1.29 is 9.53 Å². The van der Waals surface area contributed by atoms with Crippen molar-refractivity contribution in [2.45, 2.75) is 18.9 Å². The van der Waals surface area contributed by atoms with Gasteiger partial charge in [-0.3, -0.25) is 9.36 Å². The normalized spacial score (nSPS) is 17.0. The topological polar surface area (TPSA) is 60.2 Å². The van der Waals surface area contributed by atoms with Gasteiger partial charge in [-0.25, -0.2) is 0 Å². The highest BCUT2D eigenvalue weighted by atomic mass is 16.5. The summed E-state index contributed by atoms with van der Waals surface area (Å²) >= 11 is 0. The first kappa shape index (κ1) is 17.4. The predicted molar refractivity (Wildman–Crippen MR) is 102 cm³/mol. The summed E-state index contributed by atoms with van der Waals surface area (Å²) in [5.74, 6) is 0.0398. The van der Waals surface area contributed by atoms with E-state index < -0.39 is 0 Å². The Bertz CT molecular complexity index is 880. The number of hydrogen-bond donors (Lipinski definition) is 0. The maximum absolute atomic E-state index is 13.0. The number of hydrogen-bond acceptors (Lipinski definition) is 4. The number of benzene rings is 2. The maximum Gasteiger partial charge on any atom is 0.254 e. The zero-order valence-corrected chi connectivity index (χ0v) is 15.1. The Labute approximate surface area is 158 Å². The number of amides is 1. The van der Waals surface area contributed by atoms with Crippen molar-refractivity contribution in [1.82, 2.24) is 19.7 Å². The lowest BCUT2D eigenvalue weighted by molar-refractivity contribution is -0.0246. The third kappa shape index (κ3) is 4.23. The van der Waals surface area contributed by atoms with Gasteiger partial charge < -0.3 is 9.64 Å². The van der Waals surface area contributed by atoms with Gasteiger partial charge in [0.25, 0.3) is 5.91 Å². The lowest BCUT2D eigenvalue weighted by atomic mass is 10.1. The van der Waals surface area contributed by atoms with Gasteiger partial charge in [0.15, 0.2) is 0 Å². The van der Waals surface area contributed by atoms with E-state index >= 15 is 0 Å². The zero-order chi connectivity index (χ0) is 18.5. The molecule has 0 saturated carbocycles. The van der Waals surface area contributed by atoms with Crippen molar-refractivity contribution in [1.29, 1.82) is 0 Å². The molecule has 3 aromatic rings. The van der Waals surface area contributed by atoms with E-state index in [1.807, 2.05) is 35.2 Å². The van der Waals surface area contributed by atoms with Crippen molar-refractivity contribution >= 4 is 5.91 Å². The lowest BCUT2D eigenvalue weighted by Crippen LogP contribution is -2.45. The molecule has 0 bridgehead atoms. The minimum atomic E-state index is 0.0398. The number of ether oxygens (including phenoxy) is 1. The fraction of sp³-hybridized carbons (Fsp3) is 0.286. The van der Waals surface area contributed by atoms with Crippen LogP contribution in [0.15, 0.2) is 67.3 Å². The highest BCUT2D eigenvalue weighted by Crippen LogP contribution is 2.17. The maximum atomic E-state index is 13.0. The average molecular weight is 362 g/mol. The van der Waals surface area contributed by atoms with Gasteiger partial charge in [0, 0.05) is 24.3 Å². The second-order valence-electron chi connectivity index (χ2n) is 6.69. The third-order valence-electron chi connectivity index (χ3n) is 4.83. The molecule has 27 heavy (non-hydrogen) atoms. The molecule has 1 amide bonds. The third-order valence-corrected chi connectivity index (χ3v) is 4.83. The molecule has 1 fully saturated rings. The smallest absolute Gasteiger partial charge is 0.254 e. The molecule has 0 spiro atoms. The minimum absolute atomic E-state index is 0.0398. The average Bonchev–Trinajstić information content (AvgIpc) is 3.28. The van der Waals surface area contributed by atoms with Gasteiger partial charge in [-0.2, -0.15) is 0 Å². The Morgan fingerprint density at radius 3 is 2.70 bits per heavy atom. The van der Waals surface area contributed by atoms with Crippen LogP contribution in [0.25, 0.3) is 5.69 Å². The summed E-state index contributed by atoms with van der Waals surface area (Å²) < 4.78 is 7.67. The summed E-state index contributed by atoms with van der Waals surface area (Å²) in [6.45, 7) is 1.83. The Kier molecular flexibility index (Phi) is 5.25. The highest BCUT2D eigenvalue weighted by Gasteiger charge is 2.25. The fourth-order valence-electron chi connectivity index (χ4n) is 3.37. The number of carbonyl (C=O) groups is 1. The Morgan fingerprint density at radius 2 is 1.89 bits per heavy atom. The number of carbonyl (C=O) groups excluding carboxylic acids is 1. The quantitative estimate of drug-likeness (QED) is 0.700. The van der Waals surface area contributed by atoms with Gasteiger partial charge >= 0.3 is 0 Å². The van der Waals surface area contributed by atoms with Crippen LogP contribution in [0, 0.1) is 0 Å². The van der Waals surface area contributed by atoms with Crippen LogP contribution in [0.4, 0.5) is 0 Å². The molecule has 1 aliphatic rings. The monoisotopic (exact) mass is 362 g/mol. The molecule has 6 heteroatoms. The number of aromatic nitrogens is 3. The summed E-state index contributed by atoms with van der Waals surface area (Å²) in [6.07, 6.45) is 5.19. The minimum Gasteiger partial charge on any atom is -0.375 e. The van der Waals surface area contributed by atoms with Gasteiger partial charge in [0.1, 0.15) is 12.7 Å². The molecule has 1 aromatic heterocycles. The van der Waals surface area contributed by atoms with Crippen molar-refractivity contribution in [3.05, 3.63) is 78.4 Å². The summed E-state index contributed by atoms with van der Waals surface area (Å²) in [5, 5.41) is 7.64. The molecular formula is C21H22N4O2. The molecule has 2 heterocycles. The van der Waals surface area contributed by atoms with Gasteiger partial charge in [-0.05, 0) is 36.6 Å². The van der Waals surface area contributed by atoms with Gasteiger partial charge in [0.2, 0.25) is 0 Å². The molecule has 138 valence electrons. The van der Waals surface area contributed by atoms with Crippen LogP contribution in [0.1, 0.15) is 22.3 Å².